The topological polar surface area (TPSA) is 36.0 Å². The first-order chi connectivity index (χ1) is 16.2. The summed E-state index contributed by atoms with van der Waals surface area (Å²) < 4.78 is 5.62. The lowest BCUT2D eigenvalue weighted by atomic mass is 9.94. The number of nitrogens with zero attached hydrogens (tertiary/aromatic N) is 3. The van der Waals surface area contributed by atoms with E-state index in [9.17, 15) is 4.79 Å². The summed E-state index contributed by atoms with van der Waals surface area (Å²) in [6.45, 7) is 10.2. The zero-order chi connectivity index (χ0) is 22.9. The average molecular weight is 448 g/mol. The van der Waals surface area contributed by atoms with Gasteiger partial charge in [-0.15, -0.1) is 0 Å². The molecule has 0 bridgehead atoms. The fraction of sp³-hybridized carbons (Fsp3) is 0.464. The van der Waals surface area contributed by atoms with Gasteiger partial charge in [-0.2, -0.15) is 0 Å². The summed E-state index contributed by atoms with van der Waals surface area (Å²) in [5.74, 6) is 1.49. The Kier molecular flexibility index (Phi) is 8.56. The van der Waals surface area contributed by atoms with Crippen molar-refractivity contribution in [1.82, 2.24) is 14.7 Å². The van der Waals surface area contributed by atoms with Crippen LogP contribution < -0.4 is 4.74 Å². The molecule has 0 unspecified atom stereocenters. The normalized spacial score (nSPS) is 18.6. The van der Waals surface area contributed by atoms with E-state index < -0.39 is 0 Å². The minimum atomic E-state index is 0.181. The second-order valence-corrected chi connectivity index (χ2v) is 9.07. The van der Waals surface area contributed by atoms with Gasteiger partial charge in [0.2, 0.25) is 5.91 Å². The number of benzene rings is 2. The quantitative estimate of drug-likeness (QED) is 0.609. The molecule has 2 fully saturated rings. The number of likely N-dealkylation sites (tertiary alicyclic amines) is 1. The van der Waals surface area contributed by atoms with Gasteiger partial charge >= 0.3 is 0 Å². The van der Waals surface area contributed by atoms with Crippen LogP contribution in [0, 0.1) is 5.92 Å². The van der Waals surface area contributed by atoms with Crippen molar-refractivity contribution in [3.05, 3.63) is 71.8 Å². The van der Waals surface area contributed by atoms with Crippen LogP contribution in [-0.4, -0.2) is 73.0 Å². The molecule has 2 saturated heterocycles. The van der Waals surface area contributed by atoms with E-state index in [2.05, 4.69) is 69.3 Å². The van der Waals surface area contributed by atoms with Gasteiger partial charge in [-0.25, -0.2) is 0 Å². The van der Waals surface area contributed by atoms with E-state index in [1.807, 2.05) is 19.1 Å². The van der Waals surface area contributed by atoms with Gasteiger partial charge < -0.3 is 9.64 Å². The second-order valence-electron chi connectivity index (χ2n) is 9.07. The third-order valence-corrected chi connectivity index (χ3v) is 6.71. The molecule has 0 saturated carbocycles. The zero-order valence-corrected chi connectivity index (χ0v) is 19.9. The average Bonchev–Trinajstić information content (AvgIpc) is 2.86. The highest BCUT2D eigenvalue weighted by molar-refractivity contribution is 5.79. The number of piperazine rings is 1. The molecule has 5 heteroatoms. The van der Waals surface area contributed by atoms with E-state index >= 15 is 0 Å². The van der Waals surface area contributed by atoms with E-state index in [0.717, 1.165) is 70.9 Å². The predicted octanol–water partition coefficient (Wildman–Crippen LogP) is 4.15. The fourth-order valence-electron chi connectivity index (χ4n) is 4.81. The van der Waals surface area contributed by atoms with Crippen LogP contribution in [0.25, 0.3) is 6.08 Å². The van der Waals surface area contributed by atoms with Crippen LogP contribution in [0.5, 0.6) is 5.75 Å². The molecule has 2 aromatic carbocycles. The lowest BCUT2D eigenvalue weighted by Gasteiger charge is -2.38. The molecule has 0 aliphatic carbocycles. The summed E-state index contributed by atoms with van der Waals surface area (Å²) >= 11 is 0. The summed E-state index contributed by atoms with van der Waals surface area (Å²) in [4.78, 5) is 20.1. The number of carbonyl (C=O) groups excluding carboxylic acids is 1. The highest BCUT2D eigenvalue weighted by Gasteiger charge is 2.30. The SMILES string of the molecule is CCOc1cccc(CN2CCC(C(=O)N3CCN(C/C=C/c4ccccc4)CC3)CC2)c1. The van der Waals surface area contributed by atoms with Gasteiger partial charge in [0.1, 0.15) is 5.75 Å². The first-order valence-electron chi connectivity index (χ1n) is 12.4. The smallest absolute Gasteiger partial charge is 0.225 e. The largest absolute Gasteiger partial charge is 0.494 e. The van der Waals surface area contributed by atoms with Crippen LogP contribution in [0.15, 0.2) is 60.7 Å². The minimum Gasteiger partial charge on any atom is -0.494 e. The molecule has 2 aliphatic heterocycles. The van der Waals surface area contributed by atoms with Crippen molar-refractivity contribution in [2.45, 2.75) is 26.3 Å². The predicted molar refractivity (Wildman–Crippen MR) is 134 cm³/mol. The number of rotatable bonds is 8. The Morgan fingerprint density at radius 1 is 0.939 bits per heavy atom. The molecule has 33 heavy (non-hydrogen) atoms. The number of hydrogen-bond donors (Lipinski definition) is 0. The van der Waals surface area contributed by atoms with Gasteiger partial charge in [-0.1, -0.05) is 54.6 Å². The van der Waals surface area contributed by atoms with Crippen molar-refractivity contribution < 1.29 is 9.53 Å². The van der Waals surface area contributed by atoms with Crippen LogP contribution in [0.3, 0.4) is 0 Å². The molecular weight excluding hydrogens is 410 g/mol. The molecular formula is C28H37N3O2. The van der Waals surface area contributed by atoms with Crippen molar-refractivity contribution >= 4 is 12.0 Å². The van der Waals surface area contributed by atoms with Crippen LogP contribution in [0.2, 0.25) is 0 Å². The van der Waals surface area contributed by atoms with E-state index in [1.165, 1.54) is 11.1 Å². The van der Waals surface area contributed by atoms with E-state index in [-0.39, 0.29) is 5.92 Å². The Hall–Kier alpha value is -2.63. The summed E-state index contributed by atoms with van der Waals surface area (Å²) in [5, 5.41) is 0. The second kappa shape index (κ2) is 12.0. The maximum absolute atomic E-state index is 13.1. The van der Waals surface area contributed by atoms with Crippen LogP contribution >= 0.6 is 0 Å². The van der Waals surface area contributed by atoms with Gasteiger partial charge in [-0.05, 0) is 56.1 Å². The zero-order valence-electron chi connectivity index (χ0n) is 19.9. The molecule has 2 aliphatic rings. The molecule has 0 atom stereocenters. The van der Waals surface area contributed by atoms with Crippen molar-refractivity contribution in [3.8, 4) is 5.75 Å². The monoisotopic (exact) mass is 447 g/mol. The van der Waals surface area contributed by atoms with Crippen LogP contribution in [0.1, 0.15) is 30.9 Å². The van der Waals surface area contributed by atoms with E-state index in [4.69, 9.17) is 4.74 Å². The van der Waals surface area contributed by atoms with Gasteiger partial charge in [0.05, 0.1) is 6.61 Å². The number of amides is 1. The summed E-state index contributed by atoms with van der Waals surface area (Å²) in [5.41, 5.74) is 2.52. The first kappa shape index (κ1) is 23.5. The van der Waals surface area contributed by atoms with Gasteiger partial charge in [-0.3, -0.25) is 14.6 Å². The molecule has 1 amide bonds. The molecule has 2 aromatic rings. The molecule has 5 nitrogen and oxygen atoms in total. The van der Waals surface area contributed by atoms with Crippen molar-refractivity contribution in [3.63, 3.8) is 0 Å². The molecule has 4 rings (SSSR count). The van der Waals surface area contributed by atoms with Gasteiger partial charge in [0, 0.05) is 45.2 Å². The summed E-state index contributed by atoms with van der Waals surface area (Å²) in [6, 6.07) is 18.8. The number of hydrogen-bond acceptors (Lipinski definition) is 4. The number of piperidine rings is 1. The molecule has 176 valence electrons. The Morgan fingerprint density at radius 2 is 1.70 bits per heavy atom. The van der Waals surface area contributed by atoms with Crippen molar-refractivity contribution in [2.24, 2.45) is 5.92 Å². The molecule has 0 radical (unpaired) electrons. The Bertz CT molecular complexity index is 898. The summed E-state index contributed by atoms with van der Waals surface area (Å²) in [6.07, 6.45) is 6.33. The van der Waals surface area contributed by atoms with E-state index in [0.29, 0.717) is 12.5 Å². The Morgan fingerprint density at radius 3 is 2.42 bits per heavy atom. The van der Waals surface area contributed by atoms with Crippen LogP contribution in [-0.2, 0) is 11.3 Å². The minimum absolute atomic E-state index is 0.181. The maximum atomic E-state index is 13.1. The third-order valence-electron chi connectivity index (χ3n) is 6.71. The van der Waals surface area contributed by atoms with Crippen molar-refractivity contribution in [2.75, 3.05) is 52.4 Å². The highest BCUT2D eigenvalue weighted by Crippen LogP contribution is 2.23. The number of ether oxygens (including phenoxy) is 1. The Balaban J connectivity index is 1.17. The molecule has 2 heterocycles. The van der Waals surface area contributed by atoms with Crippen LogP contribution in [0.4, 0.5) is 0 Å². The summed E-state index contributed by atoms with van der Waals surface area (Å²) in [7, 11) is 0. The number of carbonyl (C=O) groups is 1. The Labute approximate surface area is 198 Å². The van der Waals surface area contributed by atoms with Crippen molar-refractivity contribution in [1.29, 1.82) is 0 Å². The first-order valence-corrected chi connectivity index (χ1v) is 12.4. The molecule has 0 aromatic heterocycles. The maximum Gasteiger partial charge on any atom is 0.225 e. The highest BCUT2D eigenvalue weighted by atomic mass is 16.5. The molecule has 0 spiro atoms. The van der Waals surface area contributed by atoms with Gasteiger partial charge in [0.15, 0.2) is 0 Å². The molecule has 0 N–H and O–H groups in total. The standard InChI is InChI=1S/C28H37N3O2/c1-2-33-27-12-6-10-25(22-27)23-30-16-13-26(14-17-30)28(32)31-20-18-29(19-21-31)15-7-11-24-8-4-3-5-9-24/h3-12,22,26H,2,13-21,23H2,1H3/b11-7+. The fourth-order valence-corrected chi connectivity index (χ4v) is 4.81. The van der Waals surface area contributed by atoms with Gasteiger partial charge in [0.25, 0.3) is 0 Å². The third kappa shape index (κ3) is 6.92. The lowest BCUT2D eigenvalue weighted by molar-refractivity contribution is -0.138. The lowest BCUT2D eigenvalue weighted by Crippen LogP contribution is -2.51. The van der Waals surface area contributed by atoms with E-state index in [1.54, 1.807) is 0 Å².